The molecular formula is C16H24ClFN2O. The quantitative estimate of drug-likeness (QED) is 0.846. The third kappa shape index (κ3) is 4.97. The van der Waals surface area contributed by atoms with E-state index < -0.39 is 0 Å². The summed E-state index contributed by atoms with van der Waals surface area (Å²) in [5.41, 5.74) is 6.04. The molecule has 1 unspecified atom stereocenters. The molecule has 1 fully saturated rings. The maximum atomic E-state index is 14.0. The van der Waals surface area contributed by atoms with Gasteiger partial charge in [-0.3, -0.25) is 4.79 Å². The van der Waals surface area contributed by atoms with Gasteiger partial charge in [-0.15, -0.1) is 12.4 Å². The van der Waals surface area contributed by atoms with Gasteiger partial charge >= 0.3 is 0 Å². The summed E-state index contributed by atoms with van der Waals surface area (Å²) in [6.07, 6.45) is 5.50. The molecule has 3 N–H and O–H groups in total. The Hall–Kier alpha value is -1.13. The molecule has 0 aromatic heterocycles. The van der Waals surface area contributed by atoms with Crippen molar-refractivity contribution in [3.8, 4) is 0 Å². The monoisotopic (exact) mass is 314 g/mol. The van der Waals surface area contributed by atoms with E-state index in [9.17, 15) is 9.18 Å². The van der Waals surface area contributed by atoms with E-state index in [1.165, 1.54) is 6.07 Å². The van der Waals surface area contributed by atoms with Crippen LogP contribution in [0.4, 0.5) is 4.39 Å². The standard InChI is InChI=1S/C16H23FN2O.ClH/c17-14-9-4-3-8-13(14)16(12-6-1-2-7-12)19-15(20)10-5-11-18;/h3-4,8-9,12,16H,1-2,5-7,10-11,18H2,(H,19,20);1H. The first-order valence-electron chi connectivity index (χ1n) is 7.46. The van der Waals surface area contributed by atoms with Gasteiger partial charge in [0.05, 0.1) is 6.04 Å². The second-order valence-electron chi connectivity index (χ2n) is 5.50. The average Bonchev–Trinajstić information content (AvgIpc) is 2.97. The van der Waals surface area contributed by atoms with Crippen molar-refractivity contribution in [3.63, 3.8) is 0 Å². The fourth-order valence-electron chi connectivity index (χ4n) is 2.98. The number of amides is 1. The van der Waals surface area contributed by atoms with E-state index in [-0.39, 0.29) is 30.2 Å². The molecule has 5 heteroatoms. The molecule has 1 aromatic rings. The lowest BCUT2D eigenvalue weighted by molar-refractivity contribution is -0.122. The van der Waals surface area contributed by atoms with Crippen molar-refractivity contribution in [1.29, 1.82) is 0 Å². The van der Waals surface area contributed by atoms with Crippen LogP contribution in [0.15, 0.2) is 24.3 Å². The Balaban J connectivity index is 0.00000220. The van der Waals surface area contributed by atoms with Crippen LogP contribution in [0.3, 0.4) is 0 Å². The van der Waals surface area contributed by atoms with Crippen LogP contribution in [0.25, 0.3) is 0 Å². The maximum absolute atomic E-state index is 14.0. The summed E-state index contributed by atoms with van der Waals surface area (Å²) in [7, 11) is 0. The van der Waals surface area contributed by atoms with Crippen LogP contribution in [-0.4, -0.2) is 12.5 Å². The van der Waals surface area contributed by atoms with Crippen LogP contribution >= 0.6 is 12.4 Å². The lowest BCUT2D eigenvalue weighted by Gasteiger charge is -2.25. The van der Waals surface area contributed by atoms with E-state index in [0.29, 0.717) is 30.9 Å². The van der Waals surface area contributed by atoms with Crippen molar-refractivity contribution < 1.29 is 9.18 Å². The molecule has 1 aliphatic carbocycles. The molecule has 0 heterocycles. The minimum atomic E-state index is -0.233. The smallest absolute Gasteiger partial charge is 0.220 e. The SMILES string of the molecule is Cl.NCCCC(=O)NC(c1ccccc1F)C1CCCC1. The predicted molar refractivity (Wildman–Crippen MR) is 84.8 cm³/mol. The molecule has 1 aromatic carbocycles. The molecule has 0 spiro atoms. The molecule has 1 aliphatic rings. The van der Waals surface area contributed by atoms with Gasteiger partial charge in [0.1, 0.15) is 5.82 Å². The van der Waals surface area contributed by atoms with Gasteiger partial charge in [0, 0.05) is 12.0 Å². The summed E-state index contributed by atoms with van der Waals surface area (Å²) in [6.45, 7) is 0.501. The van der Waals surface area contributed by atoms with E-state index >= 15 is 0 Å². The lowest BCUT2D eigenvalue weighted by atomic mass is 9.91. The van der Waals surface area contributed by atoms with Crippen LogP contribution in [-0.2, 0) is 4.79 Å². The molecule has 118 valence electrons. The van der Waals surface area contributed by atoms with Gasteiger partial charge < -0.3 is 11.1 Å². The first kappa shape index (κ1) is 17.9. The Kier molecular flexibility index (Phi) is 7.68. The number of benzene rings is 1. The second kappa shape index (κ2) is 9.00. The summed E-state index contributed by atoms with van der Waals surface area (Å²) in [5.74, 6) is 0.0767. The molecule has 3 nitrogen and oxygen atoms in total. The topological polar surface area (TPSA) is 55.1 Å². The van der Waals surface area contributed by atoms with Gasteiger partial charge in [-0.25, -0.2) is 4.39 Å². The zero-order chi connectivity index (χ0) is 14.4. The molecule has 1 amide bonds. The molecule has 1 atom stereocenters. The fourth-order valence-corrected chi connectivity index (χ4v) is 2.98. The van der Waals surface area contributed by atoms with Gasteiger partial charge in [0.25, 0.3) is 0 Å². The van der Waals surface area contributed by atoms with Gasteiger partial charge in [0.15, 0.2) is 0 Å². The summed E-state index contributed by atoms with van der Waals surface area (Å²) < 4.78 is 14.0. The fraction of sp³-hybridized carbons (Fsp3) is 0.562. The van der Waals surface area contributed by atoms with Crippen LogP contribution in [0.2, 0.25) is 0 Å². The number of carbonyl (C=O) groups is 1. The highest BCUT2D eigenvalue weighted by Gasteiger charge is 2.29. The number of nitrogens with one attached hydrogen (secondary N) is 1. The number of carbonyl (C=O) groups excluding carboxylic acids is 1. The predicted octanol–water partition coefficient (Wildman–Crippen LogP) is 3.33. The van der Waals surface area contributed by atoms with Crippen LogP contribution in [0.5, 0.6) is 0 Å². The highest BCUT2D eigenvalue weighted by molar-refractivity contribution is 5.85. The Morgan fingerprint density at radius 3 is 2.62 bits per heavy atom. The van der Waals surface area contributed by atoms with Gasteiger partial charge in [-0.1, -0.05) is 31.0 Å². The van der Waals surface area contributed by atoms with Crippen molar-refractivity contribution in [1.82, 2.24) is 5.32 Å². The van der Waals surface area contributed by atoms with E-state index in [1.807, 2.05) is 6.07 Å². The third-order valence-electron chi connectivity index (χ3n) is 4.04. The van der Waals surface area contributed by atoms with Gasteiger partial charge in [-0.05, 0) is 37.8 Å². The summed E-state index contributed by atoms with van der Waals surface area (Å²) >= 11 is 0. The number of rotatable bonds is 6. The van der Waals surface area contributed by atoms with Crippen molar-refractivity contribution in [3.05, 3.63) is 35.6 Å². The van der Waals surface area contributed by atoms with Crippen molar-refractivity contribution >= 4 is 18.3 Å². The van der Waals surface area contributed by atoms with E-state index in [1.54, 1.807) is 12.1 Å². The first-order valence-corrected chi connectivity index (χ1v) is 7.46. The molecule has 0 radical (unpaired) electrons. The highest BCUT2D eigenvalue weighted by Crippen LogP contribution is 2.36. The van der Waals surface area contributed by atoms with Gasteiger partial charge in [0.2, 0.25) is 5.91 Å². The second-order valence-corrected chi connectivity index (χ2v) is 5.50. The van der Waals surface area contributed by atoms with Crippen LogP contribution < -0.4 is 11.1 Å². The zero-order valence-electron chi connectivity index (χ0n) is 12.2. The Labute approximate surface area is 131 Å². The lowest BCUT2D eigenvalue weighted by Crippen LogP contribution is -2.33. The van der Waals surface area contributed by atoms with Crippen molar-refractivity contribution in [2.75, 3.05) is 6.54 Å². The number of halogens is 2. The Bertz CT molecular complexity index is 450. The number of hydrogen-bond acceptors (Lipinski definition) is 2. The first-order chi connectivity index (χ1) is 9.72. The number of nitrogens with two attached hydrogens (primary N) is 1. The van der Waals surface area contributed by atoms with Gasteiger partial charge in [-0.2, -0.15) is 0 Å². The number of hydrogen-bond donors (Lipinski definition) is 2. The minimum absolute atomic E-state index is 0. The highest BCUT2D eigenvalue weighted by atomic mass is 35.5. The Morgan fingerprint density at radius 2 is 2.00 bits per heavy atom. The van der Waals surface area contributed by atoms with Crippen LogP contribution in [0.1, 0.15) is 50.1 Å². The summed E-state index contributed by atoms with van der Waals surface area (Å²) in [6, 6.07) is 6.54. The molecule has 0 saturated heterocycles. The third-order valence-corrected chi connectivity index (χ3v) is 4.04. The van der Waals surface area contributed by atoms with E-state index in [4.69, 9.17) is 5.73 Å². The molecule has 21 heavy (non-hydrogen) atoms. The molecule has 2 rings (SSSR count). The summed E-state index contributed by atoms with van der Waals surface area (Å²) in [4.78, 5) is 12.0. The molecule has 0 aliphatic heterocycles. The average molecular weight is 315 g/mol. The molecular weight excluding hydrogens is 291 g/mol. The van der Waals surface area contributed by atoms with Crippen molar-refractivity contribution in [2.45, 2.75) is 44.6 Å². The zero-order valence-corrected chi connectivity index (χ0v) is 13.0. The molecule has 0 bridgehead atoms. The van der Waals surface area contributed by atoms with E-state index in [0.717, 1.165) is 25.7 Å². The van der Waals surface area contributed by atoms with Crippen LogP contribution in [0, 0.1) is 11.7 Å². The maximum Gasteiger partial charge on any atom is 0.220 e. The summed E-state index contributed by atoms with van der Waals surface area (Å²) in [5, 5.41) is 3.02. The largest absolute Gasteiger partial charge is 0.349 e. The van der Waals surface area contributed by atoms with E-state index in [2.05, 4.69) is 5.32 Å². The minimum Gasteiger partial charge on any atom is -0.349 e. The normalized spacial score (nSPS) is 16.3. The van der Waals surface area contributed by atoms with Crippen molar-refractivity contribution in [2.24, 2.45) is 11.7 Å². The molecule has 1 saturated carbocycles. The Morgan fingerprint density at radius 1 is 1.33 bits per heavy atom.